The van der Waals surface area contributed by atoms with Crippen LogP contribution in [0.2, 0.25) is 0 Å². The number of hydrogen-bond donors (Lipinski definition) is 1. The molecule has 1 aromatic heterocycles. The highest BCUT2D eigenvalue weighted by atomic mass is 19.3. The number of nitrogens with zero attached hydrogens (tertiary/aromatic N) is 2. The minimum Gasteiger partial charge on any atom is -0.310 e. The van der Waals surface area contributed by atoms with Gasteiger partial charge in [-0.05, 0) is 24.8 Å². The molecule has 0 aromatic carbocycles. The maximum Gasteiger partial charge on any atom is 0.333 e. The number of alkyl halides is 4. The largest absolute Gasteiger partial charge is 0.333 e. The molecule has 1 aromatic rings. The Morgan fingerprint density at radius 3 is 2.68 bits per heavy atom. The first kappa shape index (κ1) is 12.9. The van der Waals surface area contributed by atoms with Crippen LogP contribution in [-0.2, 0) is 0 Å². The van der Waals surface area contributed by atoms with Gasteiger partial charge in [0.05, 0.1) is 6.20 Å². The van der Waals surface area contributed by atoms with Crippen molar-refractivity contribution in [1.82, 2.24) is 15.1 Å². The van der Waals surface area contributed by atoms with E-state index in [2.05, 4.69) is 10.4 Å². The standard InChI is InChI=1S/C12H15F4N3/c13-10(14)19-5-8(4-18-19)9-3-11(1-2-17-9)6-12(15,16)7-11/h4-5,9-10,17H,1-3,6-7H2. The topological polar surface area (TPSA) is 29.9 Å². The third-order valence-electron chi connectivity index (χ3n) is 4.17. The molecule has 106 valence electrons. The average Bonchev–Trinajstić information content (AvgIpc) is 2.75. The molecular formula is C12H15F4N3. The highest BCUT2D eigenvalue weighted by Gasteiger charge is 2.57. The fourth-order valence-electron chi connectivity index (χ4n) is 3.36. The second-order valence-electron chi connectivity index (χ2n) is 5.70. The van der Waals surface area contributed by atoms with Gasteiger partial charge in [-0.25, -0.2) is 13.5 Å². The summed E-state index contributed by atoms with van der Waals surface area (Å²) in [6.45, 7) is -2.03. The third kappa shape index (κ3) is 2.35. The van der Waals surface area contributed by atoms with Crippen molar-refractivity contribution in [3.8, 4) is 0 Å². The van der Waals surface area contributed by atoms with Crippen molar-refractivity contribution in [2.45, 2.75) is 44.2 Å². The summed E-state index contributed by atoms with van der Waals surface area (Å²) in [6, 6.07) is -0.155. The maximum absolute atomic E-state index is 13.1. The van der Waals surface area contributed by atoms with E-state index >= 15 is 0 Å². The molecule has 1 atom stereocenters. The zero-order valence-corrected chi connectivity index (χ0v) is 10.3. The van der Waals surface area contributed by atoms with Gasteiger partial charge >= 0.3 is 6.55 Å². The summed E-state index contributed by atoms with van der Waals surface area (Å²) in [5, 5.41) is 6.78. The van der Waals surface area contributed by atoms with Crippen molar-refractivity contribution in [3.63, 3.8) is 0 Å². The van der Waals surface area contributed by atoms with Crippen molar-refractivity contribution in [2.24, 2.45) is 5.41 Å². The lowest BCUT2D eigenvalue weighted by atomic mass is 9.59. The van der Waals surface area contributed by atoms with E-state index in [9.17, 15) is 17.6 Å². The van der Waals surface area contributed by atoms with Crippen LogP contribution in [0.15, 0.2) is 12.4 Å². The second-order valence-corrected chi connectivity index (χ2v) is 5.70. The SMILES string of the molecule is FC(F)n1cc(C2CC3(CCN2)CC(F)(F)C3)cn1. The Balaban J connectivity index is 1.71. The van der Waals surface area contributed by atoms with Gasteiger partial charge in [0.25, 0.3) is 0 Å². The van der Waals surface area contributed by atoms with Crippen LogP contribution in [0.1, 0.15) is 43.8 Å². The van der Waals surface area contributed by atoms with Crippen molar-refractivity contribution in [2.75, 3.05) is 6.54 Å². The first-order valence-electron chi connectivity index (χ1n) is 6.33. The highest BCUT2D eigenvalue weighted by Crippen LogP contribution is 2.58. The molecule has 0 amide bonds. The molecule has 0 radical (unpaired) electrons. The van der Waals surface area contributed by atoms with Crippen LogP contribution in [0.25, 0.3) is 0 Å². The lowest BCUT2D eigenvalue weighted by molar-refractivity contribution is -0.174. The molecule has 1 aliphatic carbocycles. The van der Waals surface area contributed by atoms with Crippen LogP contribution in [-0.4, -0.2) is 22.2 Å². The molecule has 3 rings (SSSR count). The molecule has 3 nitrogen and oxygen atoms in total. The fraction of sp³-hybridized carbons (Fsp3) is 0.750. The normalized spacial score (nSPS) is 28.6. The Labute approximate surface area is 108 Å². The van der Waals surface area contributed by atoms with Gasteiger partial charge in [0.2, 0.25) is 5.92 Å². The predicted molar refractivity (Wildman–Crippen MR) is 60.1 cm³/mol. The number of rotatable bonds is 2. The smallest absolute Gasteiger partial charge is 0.310 e. The fourth-order valence-corrected chi connectivity index (χ4v) is 3.36. The van der Waals surface area contributed by atoms with Crippen molar-refractivity contribution in [1.29, 1.82) is 0 Å². The second kappa shape index (κ2) is 4.19. The summed E-state index contributed by atoms with van der Waals surface area (Å²) in [6.07, 6.45) is 3.81. The first-order valence-corrected chi connectivity index (χ1v) is 6.33. The molecule has 19 heavy (non-hydrogen) atoms. The monoisotopic (exact) mass is 277 g/mol. The van der Waals surface area contributed by atoms with E-state index in [1.54, 1.807) is 0 Å². The maximum atomic E-state index is 13.1. The Morgan fingerprint density at radius 2 is 2.11 bits per heavy atom. The van der Waals surface area contributed by atoms with E-state index in [0.29, 0.717) is 23.2 Å². The van der Waals surface area contributed by atoms with Crippen LogP contribution in [0, 0.1) is 5.41 Å². The molecule has 1 saturated heterocycles. The summed E-state index contributed by atoms with van der Waals surface area (Å²) < 4.78 is 51.7. The van der Waals surface area contributed by atoms with E-state index < -0.39 is 12.5 Å². The van der Waals surface area contributed by atoms with Crippen molar-refractivity contribution >= 4 is 0 Å². The van der Waals surface area contributed by atoms with Gasteiger partial charge < -0.3 is 5.32 Å². The minimum atomic E-state index is -2.67. The van der Waals surface area contributed by atoms with Crippen molar-refractivity contribution < 1.29 is 17.6 Å². The lowest BCUT2D eigenvalue weighted by Gasteiger charge is -2.51. The molecule has 1 spiro atoms. The molecule has 1 saturated carbocycles. The van der Waals surface area contributed by atoms with E-state index in [0.717, 1.165) is 6.42 Å². The van der Waals surface area contributed by atoms with Gasteiger partial charge in [0, 0.05) is 30.6 Å². The summed E-state index contributed by atoms with van der Waals surface area (Å²) in [7, 11) is 0. The van der Waals surface area contributed by atoms with Crippen LogP contribution >= 0.6 is 0 Å². The van der Waals surface area contributed by atoms with Gasteiger partial charge in [0.1, 0.15) is 0 Å². The summed E-state index contributed by atoms with van der Waals surface area (Å²) in [5.41, 5.74) is 0.321. The summed E-state index contributed by atoms with van der Waals surface area (Å²) in [4.78, 5) is 0. The number of nitrogens with one attached hydrogen (secondary N) is 1. The van der Waals surface area contributed by atoms with Crippen LogP contribution in [0.5, 0.6) is 0 Å². The van der Waals surface area contributed by atoms with Crippen LogP contribution in [0.3, 0.4) is 0 Å². The first-order chi connectivity index (χ1) is 8.89. The van der Waals surface area contributed by atoms with Gasteiger partial charge in [-0.15, -0.1) is 0 Å². The zero-order valence-electron chi connectivity index (χ0n) is 10.3. The van der Waals surface area contributed by atoms with E-state index in [4.69, 9.17) is 0 Å². The Hall–Kier alpha value is -1.11. The summed E-state index contributed by atoms with van der Waals surface area (Å²) >= 11 is 0. The molecule has 1 N–H and O–H groups in total. The molecule has 0 bridgehead atoms. The zero-order chi connectivity index (χ0) is 13.7. The number of halogens is 4. The molecule has 2 aliphatic rings. The Kier molecular flexibility index (Phi) is 2.85. The quantitative estimate of drug-likeness (QED) is 0.842. The molecule has 1 unspecified atom stereocenters. The molecule has 7 heteroatoms. The third-order valence-corrected chi connectivity index (χ3v) is 4.17. The molecule has 2 heterocycles. The van der Waals surface area contributed by atoms with E-state index in [-0.39, 0.29) is 24.3 Å². The van der Waals surface area contributed by atoms with Crippen molar-refractivity contribution in [3.05, 3.63) is 18.0 Å². The summed E-state index contributed by atoms with van der Waals surface area (Å²) in [5.74, 6) is -2.55. The Morgan fingerprint density at radius 1 is 1.37 bits per heavy atom. The van der Waals surface area contributed by atoms with Gasteiger partial charge in [-0.3, -0.25) is 0 Å². The number of hydrogen-bond acceptors (Lipinski definition) is 2. The van der Waals surface area contributed by atoms with Gasteiger partial charge in [-0.2, -0.15) is 13.9 Å². The van der Waals surface area contributed by atoms with Gasteiger partial charge in [-0.1, -0.05) is 0 Å². The minimum absolute atomic E-state index is 0.0822. The van der Waals surface area contributed by atoms with E-state index in [1.165, 1.54) is 12.4 Å². The molecule has 2 fully saturated rings. The predicted octanol–water partition coefficient (Wildman–Crippen LogP) is 3.12. The van der Waals surface area contributed by atoms with Crippen LogP contribution < -0.4 is 5.32 Å². The van der Waals surface area contributed by atoms with Crippen LogP contribution in [0.4, 0.5) is 17.6 Å². The lowest BCUT2D eigenvalue weighted by Crippen LogP contribution is -2.52. The molecular weight excluding hydrogens is 262 g/mol. The highest BCUT2D eigenvalue weighted by molar-refractivity contribution is 5.15. The molecule has 1 aliphatic heterocycles. The van der Waals surface area contributed by atoms with E-state index in [1.807, 2.05) is 0 Å². The average molecular weight is 277 g/mol. The Bertz CT molecular complexity index is 463. The number of piperidine rings is 1. The number of aromatic nitrogens is 2. The van der Waals surface area contributed by atoms with Gasteiger partial charge in [0.15, 0.2) is 0 Å².